The Bertz CT molecular complexity index is 1630. The number of allylic oxidation sites excluding steroid dienone is 4. The highest BCUT2D eigenvalue weighted by molar-refractivity contribution is 6.02. The third-order valence-electron chi connectivity index (χ3n) is 7.05. The first kappa shape index (κ1) is 23.7. The Morgan fingerprint density at radius 3 is 2.79 bits per heavy atom. The fourth-order valence-corrected chi connectivity index (χ4v) is 4.85. The van der Waals surface area contributed by atoms with Crippen LogP contribution in [-0.2, 0) is 0 Å². The van der Waals surface area contributed by atoms with Crippen molar-refractivity contribution in [2.45, 2.75) is 26.3 Å². The van der Waals surface area contributed by atoms with Crippen LogP contribution in [0.2, 0.25) is 0 Å². The SMILES string of the molecule is CC1(C)CNCC[C@@H]1Nc1nc(-c2ccnc(Nc3cccc(C#N)n3)c2)nc2cncc(C3=CC=C3)c12. The molecule has 6 rings (SSSR count). The molecular formula is C29H27N9. The molecule has 0 bridgehead atoms. The van der Waals surface area contributed by atoms with E-state index >= 15 is 0 Å². The lowest BCUT2D eigenvalue weighted by Gasteiger charge is -2.40. The molecule has 188 valence electrons. The minimum Gasteiger partial charge on any atom is -0.366 e. The summed E-state index contributed by atoms with van der Waals surface area (Å²) < 4.78 is 0. The summed E-state index contributed by atoms with van der Waals surface area (Å²) in [6.45, 7) is 6.44. The van der Waals surface area contributed by atoms with Crippen molar-refractivity contribution in [2.75, 3.05) is 23.7 Å². The minimum atomic E-state index is 0.0528. The van der Waals surface area contributed by atoms with Crippen LogP contribution >= 0.6 is 0 Å². The molecule has 9 heteroatoms. The van der Waals surface area contributed by atoms with E-state index < -0.39 is 0 Å². The van der Waals surface area contributed by atoms with Gasteiger partial charge in [0.15, 0.2) is 5.82 Å². The molecule has 4 aromatic rings. The van der Waals surface area contributed by atoms with Crippen molar-refractivity contribution in [3.8, 4) is 17.5 Å². The second-order valence-corrected chi connectivity index (χ2v) is 10.2. The van der Waals surface area contributed by atoms with Gasteiger partial charge in [-0.2, -0.15) is 5.26 Å². The molecule has 1 atom stereocenters. The van der Waals surface area contributed by atoms with E-state index in [1.54, 1.807) is 30.6 Å². The summed E-state index contributed by atoms with van der Waals surface area (Å²) in [5, 5.41) is 20.6. The smallest absolute Gasteiger partial charge is 0.162 e. The predicted octanol–water partition coefficient (Wildman–Crippen LogP) is 4.85. The molecule has 0 spiro atoms. The Labute approximate surface area is 220 Å². The van der Waals surface area contributed by atoms with Crippen LogP contribution in [-0.4, -0.2) is 44.1 Å². The number of nitriles is 1. The lowest BCUT2D eigenvalue weighted by atomic mass is 9.80. The maximum Gasteiger partial charge on any atom is 0.162 e. The van der Waals surface area contributed by atoms with Crippen LogP contribution in [0.25, 0.3) is 27.9 Å². The molecule has 5 heterocycles. The Kier molecular flexibility index (Phi) is 6.02. The van der Waals surface area contributed by atoms with Crippen molar-refractivity contribution in [1.29, 1.82) is 5.26 Å². The monoisotopic (exact) mass is 501 g/mol. The van der Waals surface area contributed by atoms with Crippen LogP contribution in [0, 0.1) is 16.7 Å². The van der Waals surface area contributed by atoms with Crippen molar-refractivity contribution in [3.63, 3.8) is 0 Å². The second kappa shape index (κ2) is 9.65. The maximum absolute atomic E-state index is 9.16. The third kappa shape index (κ3) is 4.58. The fourth-order valence-electron chi connectivity index (χ4n) is 4.85. The number of rotatable bonds is 6. The molecule has 1 fully saturated rings. The van der Waals surface area contributed by atoms with E-state index in [9.17, 15) is 0 Å². The van der Waals surface area contributed by atoms with E-state index in [-0.39, 0.29) is 11.5 Å². The molecule has 2 aliphatic rings. The molecule has 0 unspecified atom stereocenters. The lowest BCUT2D eigenvalue weighted by Crippen LogP contribution is -2.49. The van der Waals surface area contributed by atoms with Crippen LogP contribution in [0.1, 0.15) is 31.5 Å². The van der Waals surface area contributed by atoms with Crippen LogP contribution in [0.5, 0.6) is 0 Å². The fraction of sp³-hybridized carbons (Fsp3) is 0.241. The molecular weight excluding hydrogens is 474 g/mol. The van der Waals surface area contributed by atoms with E-state index in [2.05, 4.69) is 63.0 Å². The van der Waals surface area contributed by atoms with Gasteiger partial charge in [-0.3, -0.25) is 4.98 Å². The number of fused-ring (bicyclic) bond motifs is 1. The Morgan fingerprint density at radius 2 is 2.00 bits per heavy atom. The minimum absolute atomic E-state index is 0.0528. The highest BCUT2D eigenvalue weighted by atomic mass is 15.1. The van der Waals surface area contributed by atoms with Gasteiger partial charge in [0.2, 0.25) is 0 Å². The zero-order valence-electron chi connectivity index (χ0n) is 21.2. The molecule has 0 amide bonds. The van der Waals surface area contributed by atoms with Crippen LogP contribution in [0.4, 0.5) is 17.5 Å². The number of aromatic nitrogens is 5. The summed E-state index contributed by atoms with van der Waals surface area (Å²) in [4.78, 5) is 23.2. The molecule has 3 N–H and O–H groups in total. The van der Waals surface area contributed by atoms with Crippen LogP contribution in [0.3, 0.4) is 0 Å². The molecule has 38 heavy (non-hydrogen) atoms. The molecule has 0 saturated carbocycles. The topological polar surface area (TPSA) is 124 Å². The van der Waals surface area contributed by atoms with Gasteiger partial charge in [0.1, 0.15) is 29.2 Å². The van der Waals surface area contributed by atoms with Crippen molar-refractivity contribution in [1.82, 2.24) is 30.2 Å². The number of hydrogen-bond donors (Lipinski definition) is 3. The van der Waals surface area contributed by atoms with Crippen molar-refractivity contribution in [2.24, 2.45) is 5.41 Å². The summed E-state index contributed by atoms with van der Waals surface area (Å²) in [7, 11) is 0. The molecule has 9 nitrogen and oxygen atoms in total. The highest BCUT2D eigenvalue weighted by Crippen LogP contribution is 2.36. The van der Waals surface area contributed by atoms with E-state index in [4.69, 9.17) is 15.2 Å². The van der Waals surface area contributed by atoms with Gasteiger partial charge in [-0.25, -0.2) is 19.9 Å². The van der Waals surface area contributed by atoms with Crippen molar-refractivity contribution >= 4 is 33.9 Å². The Balaban J connectivity index is 1.42. The van der Waals surface area contributed by atoms with E-state index in [1.165, 1.54) is 0 Å². The summed E-state index contributed by atoms with van der Waals surface area (Å²) in [6.07, 6.45) is 12.6. The Morgan fingerprint density at radius 1 is 1.11 bits per heavy atom. The standard InChI is InChI=1S/C29H27N9/c1-29(2)17-31-11-10-23(29)36-28-26-21(18-5-3-6-18)15-32-16-22(26)35-27(38-28)19-9-12-33-25(13-19)37-24-8-4-7-20(14-30)34-24/h3-9,12-13,15-16,23,31H,10-11,17H2,1-2H3,(H,33,34,37)(H,35,36,38)/t23-/m0/s1. The van der Waals surface area contributed by atoms with Gasteiger partial charge in [0.25, 0.3) is 0 Å². The zero-order chi connectivity index (χ0) is 26.1. The first-order valence-electron chi connectivity index (χ1n) is 12.6. The van der Waals surface area contributed by atoms with E-state index in [0.717, 1.165) is 52.9 Å². The summed E-state index contributed by atoms with van der Waals surface area (Å²) in [6, 6.07) is 11.3. The largest absolute Gasteiger partial charge is 0.366 e. The van der Waals surface area contributed by atoms with E-state index in [0.29, 0.717) is 23.2 Å². The zero-order valence-corrected chi connectivity index (χ0v) is 21.2. The normalized spacial score (nSPS) is 17.8. The molecule has 1 aliphatic carbocycles. The number of hydrogen-bond acceptors (Lipinski definition) is 9. The second-order valence-electron chi connectivity index (χ2n) is 10.2. The quantitative estimate of drug-likeness (QED) is 0.340. The lowest BCUT2D eigenvalue weighted by molar-refractivity contribution is 0.236. The van der Waals surface area contributed by atoms with Gasteiger partial charge in [0, 0.05) is 36.1 Å². The molecule has 0 aromatic carbocycles. The average Bonchev–Trinajstić information content (AvgIpc) is 2.89. The average molecular weight is 502 g/mol. The van der Waals surface area contributed by atoms with Gasteiger partial charge in [0.05, 0.1) is 17.1 Å². The summed E-state index contributed by atoms with van der Waals surface area (Å²) >= 11 is 0. The van der Waals surface area contributed by atoms with Crippen molar-refractivity contribution < 1.29 is 0 Å². The van der Waals surface area contributed by atoms with E-state index in [1.807, 2.05) is 24.4 Å². The maximum atomic E-state index is 9.16. The predicted molar refractivity (Wildman–Crippen MR) is 149 cm³/mol. The third-order valence-corrected chi connectivity index (χ3v) is 7.05. The van der Waals surface area contributed by atoms with Crippen LogP contribution in [0.15, 0.2) is 67.2 Å². The number of piperidine rings is 1. The Hall–Kier alpha value is -4.68. The van der Waals surface area contributed by atoms with Gasteiger partial charge in [-0.15, -0.1) is 0 Å². The number of anilines is 3. The van der Waals surface area contributed by atoms with Gasteiger partial charge >= 0.3 is 0 Å². The highest BCUT2D eigenvalue weighted by Gasteiger charge is 2.33. The molecule has 1 aliphatic heterocycles. The summed E-state index contributed by atoms with van der Waals surface area (Å²) in [5.74, 6) is 2.50. The number of nitrogens with zero attached hydrogens (tertiary/aromatic N) is 6. The van der Waals surface area contributed by atoms with Gasteiger partial charge < -0.3 is 16.0 Å². The summed E-state index contributed by atoms with van der Waals surface area (Å²) in [5.41, 5.74) is 4.11. The number of pyridine rings is 3. The first-order valence-corrected chi connectivity index (χ1v) is 12.6. The number of nitrogens with one attached hydrogen (secondary N) is 3. The molecule has 1 saturated heterocycles. The van der Waals surface area contributed by atoms with Crippen LogP contribution < -0.4 is 16.0 Å². The van der Waals surface area contributed by atoms with Crippen molar-refractivity contribution in [3.05, 3.63) is 78.4 Å². The molecule has 4 aromatic heterocycles. The molecule has 0 radical (unpaired) electrons. The first-order chi connectivity index (χ1) is 18.5. The van der Waals surface area contributed by atoms with Gasteiger partial charge in [-0.1, -0.05) is 38.1 Å². The van der Waals surface area contributed by atoms with Gasteiger partial charge in [-0.05, 0) is 48.2 Å².